The molecule has 0 N–H and O–H groups in total. The Morgan fingerprint density at radius 2 is 1.58 bits per heavy atom. The molecule has 0 heterocycles. The van der Waals surface area contributed by atoms with E-state index < -0.39 is 5.97 Å². The minimum Gasteiger partial charge on any atom is -0.494 e. The standard InChI is InChI=1S/C27H29NO3/c1-4-5-6-17-30-25-15-10-23(11-16-25)27(29)31-26-13-8-22(9-14-26)19-28-24-12-7-20(2)21(3)18-24/h7-16,18-19H,4-6,17H2,1-3H3. The van der Waals surface area contributed by atoms with Crippen molar-refractivity contribution in [2.24, 2.45) is 4.99 Å². The Labute approximate surface area is 184 Å². The number of hydrogen-bond acceptors (Lipinski definition) is 4. The fraction of sp³-hybridized carbons (Fsp3) is 0.259. The first-order valence-electron chi connectivity index (χ1n) is 10.7. The third-order valence-electron chi connectivity index (χ3n) is 5.05. The van der Waals surface area contributed by atoms with Crippen molar-refractivity contribution in [1.82, 2.24) is 0 Å². The van der Waals surface area contributed by atoms with Crippen molar-refractivity contribution in [2.75, 3.05) is 6.61 Å². The SMILES string of the molecule is CCCCCOc1ccc(C(=O)Oc2ccc(C=Nc3ccc(C)c(C)c3)cc2)cc1. The Morgan fingerprint density at radius 3 is 2.26 bits per heavy atom. The van der Waals surface area contributed by atoms with Crippen LogP contribution in [-0.2, 0) is 0 Å². The van der Waals surface area contributed by atoms with Crippen LogP contribution < -0.4 is 9.47 Å². The predicted molar refractivity (Wildman–Crippen MR) is 126 cm³/mol. The molecule has 0 unspecified atom stereocenters. The summed E-state index contributed by atoms with van der Waals surface area (Å²) in [5, 5.41) is 0. The van der Waals surface area contributed by atoms with E-state index in [0.717, 1.165) is 36.3 Å². The summed E-state index contributed by atoms with van der Waals surface area (Å²) >= 11 is 0. The molecule has 0 aromatic heterocycles. The average molecular weight is 416 g/mol. The van der Waals surface area contributed by atoms with Crippen LogP contribution in [0.4, 0.5) is 5.69 Å². The molecule has 0 amide bonds. The molecule has 0 fully saturated rings. The molecule has 0 radical (unpaired) electrons. The van der Waals surface area contributed by atoms with Crippen molar-refractivity contribution in [3.05, 3.63) is 89.0 Å². The number of unbranched alkanes of at least 4 members (excludes halogenated alkanes) is 2. The molecule has 0 aliphatic rings. The van der Waals surface area contributed by atoms with Crippen LogP contribution in [-0.4, -0.2) is 18.8 Å². The fourth-order valence-electron chi connectivity index (χ4n) is 2.97. The highest BCUT2D eigenvalue weighted by Gasteiger charge is 2.09. The topological polar surface area (TPSA) is 47.9 Å². The molecular formula is C27H29NO3. The molecular weight excluding hydrogens is 386 g/mol. The number of hydrogen-bond donors (Lipinski definition) is 0. The summed E-state index contributed by atoms with van der Waals surface area (Å²) in [4.78, 5) is 16.9. The molecule has 0 saturated carbocycles. The summed E-state index contributed by atoms with van der Waals surface area (Å²) in [5.41, 5.74) is 4.80. The number of aryl methyl sites for hydroxylation is 2. The molecule has 31 heavy (non-hydrogen) atoms. The van der Waals surface area contributed by atoms with Crippen molar-refractivity contribution in [2.45, 2.75) is 40.0 Å². The maximum absolute atomic E-state index is 12.4. The van der Waals surface area contributed by atoms with E-state index >= 15 is 0 Å². The van der Waals surface area contributed by atoms with Crippen LogP contribution in [0.15, 0.2) is 71.7 Å². The van der Waals surface area contributed by atoms with Gasteiger partial charge in [0.2, 0.25) is 0 Å². The largest absolute Gasteiger partial charge is 0.494 e. The zero-order chi connectivity index (χ0) is 22.1. The molecule has 160 valence electrons. The Kier molecular flexibility index (Phi) is 7.99. The highest BCUT2D eigenvalue weighted by molar-refractivity contribution is 5.91. The second-order valence-corrected chi connectivity index (χ2v) is 7.57. The van der Waals surface area contributed by atoms with Gasteiger partial charge in [-0.2, -0.15) is 0 Å². The number of carbonyl (C=O) groups excluding carboxylic acids is 1. The number of benzene rings is 3. The van der Waals surface area contributed by atoms with Crippen molar-refractivity contribution in [3.8, 4) is 11.5 Å². The third-order valence-corrected chi connectivity index (χ3v) is 5.05. The second kappa shape index (κ2) is 11.1. The summed E-state index contributed by atoms with van der Waals surface area (Å²) < 4.78 is 11.2. The molecule has 4 heteroatoms. The van der Waals surface area contributed by atoms with Crippen molar-refractivity contribution >= 4 is 17.9 Å². The lowest BCUT2D eigenvalue weighted by Gasteiger charge is -2.07. The van der Waals surface area contributed by atoms with Gasteiger partial charge in [-0.3, -0.25) is 4.99 Å². The maximum atomic E-state index is 12.4. The van der Waals surface area contributed by atoms with Gasteiger partial charge in [0.25, 0.3) is 0 Å². The third kappa shape index (κ3) is 6.82. The van der Waals surface area contributed by atoms with E-state index in [4.69, 9.17) is 9.47 Å². The molecule has 3 rings (SSSR count). The predicted octanol–water partition coefficient (Wildman–Crippen LogP) is 6.84. The minimum atomic E-state index is -0.394. The zero-order valence-electron chi connectivity index (χ0n) is 18.4. The lowest BCUT2D eigenvalue weighted by Crippen LogP contribution is -2.08. The van der Waals surface area contributed by atoms with Crippen LogP contribution in [0.25, 0.3) is 0 Å². The molecule has 4 nitrogen and oxygen atoms in total. The van der Waals surface area contributed by atoms with E-state index in [0.29, 0.717) is 17.9 Å². The number of aliphatic imine (C=N–C) groups is 1. The van der Waals surface area contributed by atoms with Gasteiger partial charge in [-0.25, -0.2) is 4.79 Å². The van der Waals surface area contributed by atoms with E-state index in [-0.39, 0.29) is 0 Å². The Hall–Kier alpha value is -3.40. The molecule has 0 bridgehead atoms. The number of carbonyl (C=O) groups is 1. The summed E-state index contributed by atoms with van der Waals surface area (Å²) in [6.45, 7) is 7.01. The van der Waals surface area contributed by atoms with E-state index in [1.54, 1.807) is 42.6 Å². The number of esters is 1. The van der Waals surface area contributed by atoms with Gasteiger partial charge < -0.3 is 9.47 Å². The summed E-state index contributed by atoms with van der Waals surface area (Å²) in [6.07, 6.45) is 5.15. The van der Waals surface area contributed by atoms with E-state index in [2.05, 4.69) is 37.9 Å². The fourth-order valence-corrected chi connectivity index (χ4v) is 2.97. The first-order chi connectivity index (χ1) is 15.0. The average Bonchev–Trinajstić information content (AvgIpc) is 2.79. The lowest BCUT2D eigenvalue weighted by atomic mass is 10.1. The molecule has 3 aromatic carbocycles. The quantitative estimate of drug-likeness (QED) is 0.166. The van der Waals surface area contributed by atoms with Gasteiger partial charge in [0.15, 0.2) is 0 Å². The van der Waals surface area contributed by atoms with Gasteiger partial charge in [0.05, 0.1) is 17.9 Å². The summed E-state index contributed by atoms with van der Waals surface area (Å²) in [5.74, 6) is 0.863. The molecule has 0 saturated heterocycles. The lowest BCUT2D eigenvalue weighted by molar-refractivity contribution is 0.0734. The first-order valence-corrected chi connectivity index (χ1v) is 10.7. The monoisotopic (exact) mass is 415 g/mol. The first kappa shape index (κ1) is 22.3. The summed E-state index contributed by atoms with van der Waals surface area (Å²) in [7, 11) is 0. The van der Waals surface area contributed by atoms with Gasteiger partial charge in [-0.05, 0) is 97.6 Å². The number of ether oxygens (including phenoxy) is 2. The van der Waals surface area contributed by atoms with E-state index in [1.807, 2.05) is 18.2 Å². The molecule has 0 aliphatic carbocycles. The van der Waals surface area contributed by atoms with Crippen LogP contribution in [0, 0.1) is 13.8 Å². The van der Waals surface area contributed by atoms with Gasteiger partial charge in [-0.1, -0.05) is 25.8 Å². The minimum absolute atomic E-state index is 0.394. The van der Waals surface area contributed by atoms with Crippen molar-refractivity contribution in [1.29, 1.82) is 0 Å². The van der Waals surface area contributed by atoms with Crippen LogP contribution in [0.5, 0.6) is 11.5 Å². The normalized spacial score (nSPS) is 10.9. The zero-order valence-corrected chi connectivity index (χ0v) is 18.4. The van der Waals surface area contributed by atoms with E-state index in [9.17, 15) is 4.79 Å². The van der Waals surface area contributed by atoms with Gasteiger partial charge in [-0.15, -0.1) is 0 Å². The van der Waals surface area contributed by atoms with Crippen LogP contribution >= 0.6 is 0 Å². The molecule has 3 aromatic rings. The molecule has 0 atom stereocenters. The Morgan fingerprint density at radius 1 is 0.871 bits per heavy atom. The smallest absolute Gasteiger partial charge is 0.343 e. The van der Waals surface area contributed by atoms with Crippen LogP contribution in [0.2, 0.25) is 0 Å². The van der Waals surface area contributed by atoms with Gasteiger partial charge in [0.1, 0.15) is 11.5 Å². The van der Waals surface area contributed by atoms with Gasteiger partial charge >= 0.3 is 5.97 Å². The second-order valence-electron chi connectivity index (χ2n) is 7.57. The van der Waals surface area contributed by atoms with Crippen LogP contribution in [0.1, 0.15) is 53.2 Å². The number of nitrogens with zero attached hydrogens (tertiary/aromatic N) is 1. The Bertz CT molecular complexity index is 1020. The molecule has 0 aliphatic heterocycles. The maximum Gasteiger partial charge on any atom is 0.343 e. The van der Waals surface area contributed by atoms with Crippen molar-refractivity contribution < 1.29 is 14.3 Å². The highest BCUT2D eigenvalue weighted by Crippen LogP contribution is 2.19. The van der Waals surface area contributed by atoms with Gasteiger partial charge in [0, 0.05) is 6.21 Å². The number of rotatable bonds is 9. The Balaban J connectivity index is 1.54. The summed E-state index contributed by atoms with van der Waals surface area (Å²) in [6, 6.07) is 20.5. The van der Waals surface area contributed by atoms with Crippen LogP contribution in [0.3, 0.4) is 0 Å². The highest BCUT2D eigenvalue weighted by atomic mass is 16.5. The molecule has 0 spiro atoms. The van der Waals surface area contributed by atoms with Crippen molar-refractivity contribution in [3.63, 3.8) is 0 Å². The van der Waals surface area contributed by atoms with E-state index in [1.165, 1.54) is 11.1 Å².